The molecule has 0 bridgehead atoms. The lowest BCUT2D eigenvalue weighted by Crippen LogP contribution is -2.46. The van der Waals surface area contributed by atoms with Crippen LogP contribution >= 0.6 is 0 Å². The summed E-state index contributed by atoms with van der Waals surface area (Å²) in [5.74, 6) is 1.44. The van der Waals surface area contributed by atoms with Gasteiger partial charge in [0.15, 0.2) is 0 Å². The summed E-state index contributed by atoms with van der Waals surface area (Å²) in [7, 11) is 0. The van der Waals surface area contributed by atoms with Gasteiger partial charge in [-0.3, -0.25) is 4.90 Å². The third kappa shape index (κ3) is 3.15. The van der Waals surface area contributed by atoms with Crippen LogP contribution in [0.5, 0.6) is 0 Å². The van der Waals surface area contributed by atoms with Gasteiger partial charge in [-0.15, -0.1) is 0 Å². The summed E-state index contributed by atoms with van der Waals surface area (Å²) in [4.78, 5) is 2.33. The van der Waals surface area contributed by atoms with Gasteiger partial charge in [0, 0.05) is 13.1 Å². The van der Waals surface area contributed by atoms with Crippen molar-refractivity contribution >= 4 is 0 Å². The fourth-order valence-corrected chi connectivity index (χ4v) is 2.83. The van der Waals surface area contributed by atoms with Crippen molar-refractivity contribution in [3.8, 4) is 6.07 Å². The van der Waals surface area contributed by atoms with Crippen LogP contribution in [0.2, 0.25) is 0 Å². The molecule has 1 aliphatic rings. The third-order valence-electron chi connectivity index (χ3n) is 4.21. The van der Waals surface area contributed by atoms with Gasteiger partial charge in [-0.2, -0.15) is 5.26 Å². The summed E-state index contributed by atoms with van der Waals surface area (Å²) < 4.78 is 0. The molecule has 0 radical (unpaired) electrons. The van der Waals surface area contributed by atoms with Crippen LogP contribution in [0.3, 0.4) is 0 Å². The van der Waals surface area contributed by atoms with E-state index >= 15 is 0 Å². The third-order valence-corrected chi connectivity index (χ3v) is 4.21. The highest BCUT2D eigenvalue weighted by Crippen LogP contribution is 2.27. The first-order valence-corrected chi connectivity index (χ1v) is 7.03. The molecular formula is C16H23N3. The molecule has 1 aromatic rings. The maximum atomic E-state index is 9.47. The van der Waals surface area contributed by atoms with E-state index in [4.69, 9.17) is 5.73 Å². The van der Waals surface area contributed by atoms with Gasteiger partial charge < -0.3 is 5.73 Å². The second-order valence-corrected chi connectivity index (χ2v) is 5.98. The van der Waals surface area contributed by atoms with E-state index in [1.807, 2.05) is 30.3 Å². The minimum Gasteiger partial charge on any atom is -0.309 e. The molecule has 1 aromatic carbocycles. The quantitative estimate of drug-likeness (QED) is 0.900. The van der Waals surface area contributed by atoms with Crippen LogP contribution in [-0.4, -0.2) is 24.5 Å². The first-order chi connectivity index (χ1) is 9.05. The van der Waals surface area contributed by atoms with E-state index in [1.165, 1.54) is 6.42 Å². The number of nitrogens with zero attached hydrogens (tertiary/aromatic N) is 2. The Morgan fingerprint density at radius 3 is 2.63 bits per heavy atom. The van der Waals surface area contributed by atoms with Crippen LogP contribution in [0.25, 0.3) is 0 Å². The van der Waals surface area contributed by atoms with Crippen LogP contribution in [0.15, 0.2) is 30.3 Å². The van der Waals surface area contributed by atoms with E-state index in [2.05, 4.69) is 24.8 Å². The molecule has 0 aromatic heterocycles. The molecule has 102 valence electrons. The highest BCUT2D eigenvalue weighted by Gasteiger charge is 2.33. The minimum atomic E-state index is -0.896. The normalized spacial score (nSPS) is 23.2. The standard InChI is InChI=1S/C16H23N3/c1-13(2)14-8-9-19(10-14)12-16(18,11-17)15-6-4-3-5-7-15/h3-7,13-14H,8-10,12,18H2,1-2H3. The van der Waals surface area contributed by atoms with Crippen LogP contribution in [0.4, 0.5) is 0 Å². The topological polar surface area (TPSA) is 53.0 Å². The molecule has 2 unspecified atom stereocenters. The SMILES string of the molecule is CC(C)C1CCN(CC(N)(C#N)c2ccccc2)C1. The van der Waals surface area contributed by atoms with Crippen LogP contribution < -0.4 is 5.73 Å². The van der Waals surface area contributed by atoms with E-state index in [9.17, 15) is 5.26 Å². The van der Waals surface area contributed by atoms with Crippen molar-refractivity contribution in [3.63, 3.8) is 0 Å². The lowest BCUT2D eigenvalue weighted by molar-refractivity contribution is 0.262. The average molecular weight is 257 g/mol. The smallest absolute Gasteiger partial charge is 0.142 e. The van der Waals surface area contributed by atoms with Crippen LogP contribution in [0.1, 0.15) is 25.8 Å². The average Bonchev–Trinajstić information content (AvgIpc) is 2.88. The number of rotatable bonds is 4. The minimum absolute atomic E-state index is 0.622. The van der Waals surface area contributed by atoms with Crippen molar-refractivity contribution in [3.05, 3.63) is 35.9 Å². The number of hydrogen-bond donors (Lipinski definition) is 1. The zero-order chi connectivity index (χ0) is 13.9. The van der Waals surface area contributed by atoms with Gasteiger partial charge in [0.2, 0.25) is 0 Å². The molecule has 2 atom stereocenters. The Morgan fingerprint density at radius 1 is 1.42 bits per heavy atom. The second kappa shape index (κ2) is 5.73. The Kier molecular flexibility index (Phi) is 4.24. The molecule has 3 heteroatoms. The molecule has 3 nitrogen and oxygen atoms in total. The number of nitrogens with two attached hydrogens (primary N) is 1. The Morgan fingerprint density at radius 2 is 2.11 bits per heavy atom. The molecule has 2 rings (SSSR count). The zero-order valence-electron chi connectivity index (χ0n) is 11.8. The van der Waals surface area contributed by atoms with E-state index in [0.29, 0.717) is 12.5 Å². The van der Waals surface area contributed by atoms with Gasteiger partial charge in [-0.05, 0) is 30.4 Å². The summed E-state index contributed by atoms with van der Waals surface area (Å²) in [5.41, 5.74) is 6.33. The maximum Gasteiger partial charge on any atom is 0.142 e. The monoisotopic (exact) mass is 257 g/mol. The number of hydrogen-bond acceptors (Lipinski definition) is 3. The molecule has 1 fully saturated rings. The lowest BCUT2D eigenvalue weighted by Gasteiger charge is -2.28. The summed E-state index contributed by atoms with van der Waals surface area (Å²) in [5, 5.41) is 9.47. The summed E-state index contributed by atoms with van der Waals surface area (Å²) in [6, 6.07) is 12.0. The van der Waals surface area contributed by atoms with Crippen molar-refractivity contribution in [1.82, 2.24) is 4.90 Å². The fourth-order valence-electron chi connectivity index (χ4n) is 2.83. The molecular weight excluding hydrogens is 234 g/mol. The Bertz CT molecular complexity index is 449. The number of nitriles is 1. The molecule has 0 aliphatic carbocycles. The van der Waals surface area contributed by atoms with Gasteiger partial charge in [0.25, 0.3) is 0 Å². The first kappa shape index (κ1) is 14.0. The predicted molar refractivity (Wildman–Crippen MR) is 77.3 cm³/mol. The van der Waals surface area contributed by atoms with Gasteiger partial charge in [-0.25, -0.2) is 0 Å². The maximum absolute atomic E-state index is 9.47. The number of likely N-dealkylation sites (tertiary alicyclic amines) is 1. The second-order valence-electron chi connectivity index (χ2n) is 5.98. The van der Waals surface area contributed by atoms with Gasteiger partial charge >= 0.3 is 0 Å². The van der Waals surface area contributed by atoms with Gasteiger partial charge in [-0.1, -0.05) is 44.2 Å². The molecule has 1 heterocycles. The lowest BCUT2D eigenvalue weighted by atomic mass is 9.92. The first-order valence-electron chi connectivity index (χ1n) is 7.03. The molecule has 0 spiro atoms. The van der Waals surface area contributed by atoms with E-state index in [1.54, 1.807) is 0 Å². The van der Waals surface area contributed by atoms with Crippen molar-refractivity contribution in [2.75, 3.05) is 19.6 Å². The predicted octanol–water partition coefficient (Wildman–Crippen LogP) is 2.34. The summed E-state index contributed by atoms with van der Waals surface area (Å²) in [6.45, 7) is 7.27. The highest BCUT2D eigenvalue weighted by atomic mass is 15.2. The Labute approximate surface area is 116 Å². The highest BCUT2D eigenvalue weighted by molar-refractivity contribution is 5.31. The molecule has 0 amide bonds. The summed E-state index contributed by atoms with van der Waals surface area (Å²) >= 11 is 0. The van der Waals surface area contributed by atoms with Crippen LogP contribution in [0, 0.1) is 23.2 Å². The van der Waals surface area contributed by atoms with Crippen molar-refractivity contribution < 1.29 is 0 Å². The van der Waals surface area contributed by atoms with Crippen molar-refractivity contribution in [1.29, 1.82) is 5.26 Å². The van der Waals surface area contributed by atoms with Gasteiger partial charge in [0.05, 0.1) is 6.07 Å². The molecule has 19 heavy (non-hydrogen) atoms. The van der Waals surface area contributed by atoms with Crippen molar-refractivity contribution in [2.45, 2.75) is 25.8 Å². The van der Waals surface area contributed by atoms with E-state index in [-0.39, 0.29) is 0 Å². The largest absolute Gasteiger partial charge is 0.309 e. The molecule has 0 saturated carbocycles. The zero-order valence-corrected chi connectivity index (χ0v) is 11.8. The summed E-state index contributed by atoms with van der Waals surface area (Å²) in [6.07, 6.45) is 1.22. The molecule has 1 saturated heterocycles. The molecule has 2 N–H and O–H groups in total. The fraction of sp³-hybridized carbons (Fsp3) is 0.562. The van der Waals surface area contributed by atoms with Crippen molar-refractivity contribution in [2.24, 2.45) is 17.6 Å². The Balaban J connectivity index is 2.07. The Hall–Kier alpha value is -1.37. The van der Waals surface area contributed by atoms with Gasteiger partial charge in [0.1, 0.15) is 5.54 Å². The molecule has 1 aliphatic heterocycles. The van der Waals surface area contributed by atoms with E-state index in [0.717, 1.165) is 24.6 Å². The van der Waals surface area contributed by atoms with Crippen LogP contribution in [-0.2, 0) is 5.54 Å². The number of benzene rings is 1. The van der Waals surface area contributed by atoms with E-state index < -0.39 is 5.54 Å².